The van der Waals surface area contributed by atoms with Gasteiger partial charge in [-0.1, -0.05) is 42.1 Å². The predicted molar refractivity (Wildman–Crippen MR) is 96.0 cm³/mol. The number of amidine groups is 1. The lowest BCUT2D eigenvalue weighted by Crippen LogP contribution is -2.06. The van der Waals surface area contributed by atoms with Crippen LogP contribution in [0.15, 0.2) is 52.7 Å². The highest BCUT2D eigenvalue weighted by molar-refractivity contribution is 14.1. The van der Waals surface area contributed by atoms with Gasteiger partial charge in [0, 0.05) is 21.0 Å². The van der Waals surface area contributed by atoms with E-state index in [0.717, 1.165) is 11.6 Å². The van der Waals surface area contributed by atoms with E-state index < -0.39 is 11.6 Å². The summed E-state index contributed by atoms with van der Waals surface area (Å²) in [5, 5.41) is 7.80. The lowest BCUT2D eigenvalue weighted by atomic mass is 10.2. The molecule has 114 valence electrons. The Labute approximate surface area is 144 Å². The molecule has 2 rings (SSSR count). The maximum absolute atomic E-state index is 13.5. The third-order valence-electron chi connectivity index (χ3n) is 2.62. The van der Waals surface area contributed by atoms with E-state index in [9.17, 15) is 8.78 Å². The Bertz CT molecular complexity index is 705. The molecule has 0 amide bonds. The molecule has 0 unspecified atom stereocenters. The highest BCUT2D eigenvalue weighted by atomic mass is 127. The lowest BCUT2D eigenvalue weighted by molar-refractivity contribution is 0.577. The number of hydrogen-bond acceptors (Lipinski definition) is 3. The van der Waals surface area contributed by atoms with Gasteiger partial charge < -0.3 is 5.73 Å². The van der Waals surface area contributed by atoms with E-state index >= 15 is 0 Å². The third kappa shape index (κ3) is 5.06. The molecule has 7 heteroatoms. The molecule has 2 aromatic carbocycles. The first-order valence-corrected chi connectivity index (χ1v) is 8.30. The molecule has 0 aliphatic heterocycles. The predicted octanol–water partition coefficient (Wildman–Crippen LogP) is 4.15. The van der Waals surface area contributed by atoms with Crippen molar-refractivity contribution >= 4 is 45.7 Å². The zero-order valence-electron chi connectivity index (χ0n) is 11.3. The molecule has 3 nitrogen and oxygen atoms in total. The number of nitrogens with zero attached hydrogens (tertiary/aromatic N) is 2. The molecular weight excluding hydrogens is 419 g/mol. The minimum absolute atomic E-state index is 0.162. The summed E-state index contributed by atoms with van der Waals surface area (Å²) in [7, 11) is 0. The van der Waals surface area contributed by atoms with Crippen LogP contribution in [-0.4, -0.2) is 11.4 Å². The number of rotatable bonds is 4. The van der Waals surface area contributed by atoms with Crippen LogP contribution < -0.4 is 5.73 Å². The maximum Gasteiger partial charge on any atom is 0.180 e. The van der Waals surface area contributed by atoms with Gasteiger partial charge in [0.25, 0.3) is 0 Å². The van der Waals surface area contributed by atoms with E-state index in [0.29, 0.717) is 9.32 Å². The summed E-state index contributed by atoms with van der Waals surface area (Å²) >= 11 is 3.12. The van der Waals surface area contributed by atoms with Crippen LogP contribution in [0.2, 0.25) is 0 Å². The Balaban J connectivity index is 1.97. The quantitative estimate of drug-likeness (QED) is 0.260. The zero-order chi connectivity index (χ0) is 15.9. The van der Waals surface area contributed by atoms with Crippen molar-refractivity contribution in [3.8, 4) is 0 Å². The van der Waals surface area contributed by atoms with Crippen LogP contribution in [0.4, 0.5) is 8.78 Å². The SMILES string of the molecule is NC(=NN=Cc1cc(I)c(F)cc1F)SCc1ccccc1. The zero-order valence-corrected chi connectivity index (χ0v) is 14.3. The number of hydrogen-bond donors (Lipinski definition) is 1. The Morgan fingerprint density at radius 3 is 2.64 bits per heavy atom. The molecule has 0 spiro atoms. The molecule has 22 heavy (non-hydrogen) atoms. The average Bonchev–Trinajstić information content (AvgIpc) is 2.51. The van der Waals surface area contributed by atoms with Crippen LogP contribution in [0.1, 0.15) is 11.1 Å². The highest BCUT2D eigenvalue weighted by Gasteiger charge is 2.06. The van der Waals surface area contributed by atoms with Gasteiger partial charge in [0.15, 0.2) is 5.17 Å². The standard InChI is InChI=1S/C15H12F2IN3S/c16-12-7-13(17)14(18)6-11(12)8-20-21-15(19)22-9-10-4-2-1-3-5-10/h1-8H,9H2,(H2,19,21). The van der Waals surface area contributed by atoms with Gasteiger partial charge in [-0.2, -0.15) is 5.10 Å². The summed E-state index contributed by atoms with van der Waals surface area (Å²) in [6.45, 7) is 0. The fraction of sp³-hybridized carbons (Fsp3) is 0.0667. The van der Waals surface area contributed by atoms with Crippen molar-refractivity contribution in [2.45, 2.75) is 5.75 Å². The van der Waals surface area contributed by atoms with Gasteiger partial charge in [0.05, 0.1) is 6.21 Å². The molecule has 0 atom stereocenters. The van der Waals surface area contributed by atoms with Crippen LogP contribution in [0.5, 0.6) is 0 Å². The molecule has 0 saturated carbocycles. The summed E-state index contributed by atoms with van der Waals surface area (Å²) in [6.07, 6.45) is 1.22. The minimum Gasteiger partial charge on any atom is -0.377 e. The molecule has 0 heterocycles. The topological polar surface area (TPSA) is 50.7 Å². The smallest absolute Gasteiger partial charge is 0.180 e. The van der Waals surface area contributed by atoms with E-state index in [1.807, 2.05) is 30.3 Å². The first kappa shape index (κ1) is 16.9. The Morgan fingerprint density at radius 2 is 1.91 bits per heavy atom. The summed E-state index contributed by atoms with van der Waals surface area (Å²) in [4.78, 5) is 0. The number of nitrogens with two attached hydrogens (primary N) is 1. The molecular formula is C15H12F2IN3S. The number of halogens is 3. The molecule has 0 aromatic heterocycles. The molecule has 2 N–H and O–H groups in total. The largest absolute Gasteiger partial charge is 0.377 e. The molecule has 0 bridgehead atoms. The second-order valence-corrected chi connectivity index (χ2v) is 6.40. The summed E-state index contributed by atoms with van der Waals surface area (Å²) < 4.78 is 26.9. The lowest BCUT2D eigenvalue weighted by Gasteiger charge is -2.00. The second-order valence-electron chi connectivity index (χ2n) is 4.24. The third-order valence-corrected chi connectivity index (χ3v) is 4.30. The Kier molecular flexibility index (Phi) is 6.32. The van der Waals surface area contributed by atoms with Crippen LogP contribution in [0, 0.1) is 15.2 Å². The monoisotopic (exact) mass is 431 g/mol. The molecule has 0 aliphatic carbocycles. The van der Waals surface area contributed by atoms with E-state index in [4.69, 9.17) is 5.73 Å². The summed E-state index contributed by atoms with van der Waals surface area (Å²) in [5.41, 5.74) is 7.00. The molecule has 0 aliphatic rings. The number of thioether (sulfide) groups is 1. The van der Waals surface area contributed by atoms with Crippen LogP contribution >= 0.6 is 34.4 Å². The molecule has 0 radical (unpaired) electrons. The highest BCUT2D eigenvalue weighted by Crippen LogP contribution is 2.16. The van der Waals surface area contributed by atoms with Gasteiger partial charge in [-0.15, -0.1) is 5.10 Å². The summed E-state index contributed by atoms with van der Waals surface area (Å²) in [6, 6.07) is 12.0. The van der Waals surface area contributed by atoms with Gasteiger partial charge in [-0.05, 0) is 34.2 Å². The van der Waals surface area contributed by atoms with E-state index in [1.165, 1.54) is 24.0 Å². The van der Waals surface area contributed by atoms with E-state index in [1.54, 1.807) is 22.6 Å². The van der Waals surface area contributed by atoms with Crippen molar-refractivity contribution in [1.82, 2.24) is 0 Å². The fourth-order valence-electron chi connectivity index (χ4n) is 1.55. The van der Waals surface area contributed by atoms with Gasteiger partial charge in [-0.25, -0.2) is 8.78 Å². The molecule has 0 fully saturated rings. The molecule has 0 saturated heterocycles. The Hall–Kier alpha value is -1.48. The van der Waals surface area contributed by atoms with E-state index in [-0.39, 0.29) is 10.7 Å². The average molecular weight is 431 g/mol. The van der Waals surface area contributed by atoms with Crippen molar-refractivity contribution < 1.29 is 8.78 Å². The second kappa shape index (κ2) is 8.23. The Morgan fingerprint density at radius 1 is 1.18 bits per heavy atom. The van der Waals surface area contributed by atoms with Crippen molar-refractivity contribution in [1.29, 1.82) is 0 Å². The van der Waals surface area contributed by atoms with Gasteiger partial charge >= 0.3 is 0 Å². The van der Waals surface area contributed by atoms with Crippen molar-refractivity contribution in [2.24, 2.45) is 15.9 Å². The van der Waals surface area contributed by atoms with Crippen molar-refractivity contribution in [3.05, 3.63) is 68.8 Å². The first-order valence-electron chi connectivity index (χ1n) is 6.24. The van der Waals surface area contributed by atoms with Crippen LogP contribution in [0.25, 0.3) is 0 Å². The first-order chi connectivity index (χ1) is 10.6. The fourth-order valence-corrected chi connectivity index (χ4v) is 2.65. The number of benzene rings is 2. The van der Waals surface area contributed by atoms with Gasteiger partial charge in [0.2, 0.25) is 0 Å². The maximum atomic E-state index is 13.5. The summed E-state index contributed by atoms with van der Waals surface area (Å²) in [5.74, 6) is -0.613. The van der Waals surface area contributed by atoms with Crippen LogP contribution in [-0.2, 0) is 5.75 Å². The van der Waals surface area contributed by atoms with Crippen LogP contribution in [0.3, 0.4) is 0 Å². The van der Waals surface area contributed by atoms with Gasteiger partial charge in [-0.3, -0.25) is 0 Å². The minimum atomic E-state index is -0.688. The van der Waals surface area contributed by atoms with Crippen molar-refractivity contribution in [2.75, 3.05) is 0 Å². The van der Waals surface area contributed by atoms with E-state index in [2.05, 4.69) is 10.2 Å². The van der Waals surface area contributed by atoms with Crippen molar-refractivity contribution in [3.63, 3.8) is 0 Å². The normalized spacial score (nSPS) is 12.0. The van der Waals surface area contributed by atoms with Gasteiger partial charge in [0.1, 0.15) is 11.6 Å². The molecule has 2 aromatic rings.